The Morgan fingerprint density at radius 2 is 2.27 bits per heavy atom. The topological polar surface area (TPSA) is 21.3 Å². The Kier molecular flexibility index (Phi) is 5.51. The summed E-state index contributed by atoms with van der Waals surface area (Å²) >= 11 is 5.85. The minimum Gasteiger partial charge on any atom is -0.494 e. The van der Waals surface area contributed by atoms with E-state index in [1.165, 1.54) is 0 Å². The lowest BCUT2D eigenvalue weighted by Gasteiger charge is -2.11. The molecule has 0 aliphatic heterocycles. The van der Waals surface area contributed by atoms with Crippen molar-refractivity contribution in [1.29, 1.82) is 0 Å². The number of hydrogen-bond acceptors (Lipinski definition) is 2. The van der Waals surface area contributed by atoms with E-state index in [9.17, 15) is 0 Å². The van der Waals surface area contributed by atoms with Crippen molar-refractivity contribution in [3.05, 3.63) is 29.3 Å². The molecule has 0 aliphatic carbocycles. The molecular weight excluding hydrogens is 210 g/mol. The standard InChI is InChI=1S/C12H18ClNO/c1-10(9-14-2)6-7-15-12-5-3-4-11(13)8-12/h3-5,8,10,14H,6-7,9H2,1-2H3. The van der Waals surface area contributed by atoms with Gasteiger partial charge in [-0.3, -0.25) is 0 Å². The Morgan fingerprint density at radius 3 is 2.93 bits per heavy atom. The number of rotatable bonds is 6. The molecule has 3 heteroatoms. The van der Waals surface area contributed by atoms with E-state index < -0.39 is 0 Å². The van der Waals surface area contributed by atoms with Crippen LogP contribution in [0, 0.1) is 5.92 Å². The molecular formula is C12H18ClNO. The first-order chi connectivity index (χ1) is 7.22. The zero-order valence-electron chi connectivity index (χ0n) is 9.29. The van der Waals surface area contributed by atoms with Crippen LogP contribution >= 0.6 is 11.6 Å². The Morgan fingerprint density at radius 1 is 1.47 bits per heavy atom. The summed E-state index contributed by atoms with van der Waals surface area (Å²) in [6, 6.07) is 7.51. The summed E-state index contributed by atoms with van der Waals surface area (Å²) in [6.45, 7) is 3.97. The van der Waals surface area contributed by atoms with Gasteiger partial charge >= 0.3 is 0 Å². The maximum Gasteiger partial charge on any atom is 0.120 e. The third-order valence-electron chi connectivity index (χ3n) is 2.23. The van der Waals surface area contributed by atoms with Crippen LogP contribution in [-0.2, 0) is 0 Å². The van der Waals surface area contributed by atoms with Crippen molar-refractivity contribution in [2.45, 2.75) is 13.3 Å². The van der Waals surface area contributed by atoms with Crippen LogP contribution in [0.25, 0.3) is 0 Å². The van der Waals surface area contributed by atoms with Crippen LogP contribution in [0.4, 0.5) is 0 Å². The van der Waals surface area contributed by atoms with Crippen molar-refractivity contribution >= 4 is 11.6 Å². The summed E-state index contributed by atoms with van der Waals surface area (Å²) in [7, 11) is 1.97. The van der Waals surface area contributed by atoms with Gasteiger partial charge in [0.05, 0.1) is 6.61 Å². The van der Waals surface area contributed by atoms with Crippen molar-refractivity contribution in [2.75, 3.05) is 20.2 Å². The second-order valence-corrected chi connectivity index (χ2v) is 4.19. The van der Waals surface area contributed by atoms with Crippen molar-refractivity contribution in [1.82, 2.24) is 5.32 Å². The van der Waals surface area contributed by atoms with Crippen LogP contribution in [-0.4, -0.2) is 20.2 Å². The zero-order chi connectivity index (χ0) is 11.1. The summed E-state index contributed by atoms with van der Waals surface area (Å²) in [6.07, 6.45) is 1.05. The smallest absolute Gasteiger partial charge is 0.120 e. The molecule has 0 aromatic heterocycles. The minimum atomic E-state index is 0.634. The number of ether oxygens (including phenoxy) is 1. The van der Waals surface area contributed by atoms with Crippen LogP contribution in [0.15, 0.2) is 24.3 Å². The molecule has 1 aromatic rings. The fraction of sp³-hybridized carbons (Fsp3) is 0.500. The van der Waals surface area contributed by atoms with Gasteiger partial charge in [0, 0.05) is 5.02 Å². The quantitative estimate of drug-likeness (QED) is 0.807. The lowest BCUT2D eigenvalue weighted by atomic mass is 10.1. The summed E-state index contributed by atoms with van der Waals surface area (Å²) in [5.74, 6) is 1.48. The Bertz CT molecular complexity index is 291. The van der Waals surface area contributed by atoms with E-state index in [1.807, 2.05) is 31.3 Å². The summed E-state index contributed by atoms with van der Waals surface area (Å²) in [5.41, 5.74) is 0. The van der Waals surface area contributed by atoms with Gasteiger partial charge in [0.15, 0.2) is 0 Å². The average molecular weight is 228 g/mol. The third-order valence-corrected chi connectivity index (χ3v) is 2.46. The van der Waals surface area contributed by atoms with Gasteiger partial charge in [-0.2, -0.15) is 0 Å². The summed E-state index contributed by atoms with van der Waals surface area (Å²) in [4.78, 5) is 0. The molecule has 1 unspecified atom stereocenters. The second kappa shape index (κ2) is 6.70. The van der Waals surface area contributed by atoms with Gasteiger partial charge < -0.3 is 10.1 Å². The maximum absolute atomic E-state index is 5.85. The molecule has 0 fully saturated rings. The molecule has 2 nitrogen and oxygen atoms in total. The van der Waals surface area contributed by atoms with Crippen LogP contribution in [0.3, 0.4) is 0 Å². The van der Waals surface area contributed by atoms with Crippen LogP contribution in [0.2, 0.25) is 5.02 Å². The molecule has 1 aromatic carbocycles. The lowest BCUT2D eigenvalue weighted by molar-refractivity contribution is 0.282. The molecule has 15 heavy (non-hydrogen) atoms. The van der Waals surface area contributed by atoms with Gasteiger partial charge in [0.2, 0.25) is 0 Å². The van der Waals surface area contributed by atoms with Crippen molar-refractivity contribution in [3.8, 4) is 5.75 Å². The van der Waals surface area contributed by atoms with E-state index in [0.29, 0.717) is 5.92 Å². The summed E-state index contributed by atoms with van der Waals surface area (Å²) in [5, 5.41) is 3.87. The first-order valence-electron chi connectivity index (χ1n) is 5.25. The van der Waals surface area contributed by atoms with E-state index in [2.05, 4.69) is 12.2 Å². The predicted molar refractivity (Wildman–Crippen MR) is 64.7 cm³/mol. The molecule has 0 bridgehead atoms. The highest BCUT2D eigenvalue weighted by molar-refractivity contribution is 6.30. The van der Waals surface area contributed by atoms with Gasteiger partial charge in [-0.15, -0.1) is 0 Å². The molecule has 84 valence electrons. The second-order valence-electron chi connectivity index (χ2n) is 3.76. The Balaban J connectivity index is 2.25. The monoisotopic (exact) mass is 227 g/mol. The number of benzene rings is 1. The average Bonchev–Trinajstić information content (AvgIpc) is 2.18. The maximum atomic E-state index is 5.85. The molecule has 0 heterocycles. The molecule has 0 aliphatic rings. The van der Waals surface area contributed by atoms with Crippen LogP contribution < -0.4 is 10.1 Å². The Hall–Kier alpha value is -0.730. The van der Waals surface area contributed by atoms with E-state index in [0.717, 1.165) is 30.3 Å². The van der Waals surface area contributed by atoms with Gasteiger partial charge in [-0.1, -0.05) is 24.6 Å². The first-order valence-corrected chi connectivity index (χ1v) is 5.63. The van der Waals surface area contributed by atoms with Crippen molar-refractivity contribution in [3.63, 3.8) is 0 Å². The lowest BCUT2D eigenvalue weighted by Crippen LogP contribution is -2.18. The van der Waals surface area contributed by atoms with E-state index in [1.54, 1.807) is 0 Å². The molecule has 1 N–H and O–H groups in total. The minimum absolute atomic E-state index is 0.634. The van der Waals surface area contributed by atoms with Gasteiger partial charge in [0.1, 0.15) is 5.75 Å². The molecule has 1 rings (SSSR count). The first kappa shape index (κ1) is 12.3. The van der Waals surface area contributed by atoms with Gasteiger partial charge in [0.25, 0.3) is 0 Å². The van der Waals surface area contributed by atoms with Crippen LogP contribution in [0.1, 0.15) is 13.3 Å². The zero-order valence-corrected chi connectivity index (χ0v) is 10.1. The third kappa shape index (κ3) is 5.05. The number of nitrogens with one attached hydrogen (secondary N) is 1. The van der Waals surface area contributed by atoms with Gasteiger partial charge in [-0.05, 0) is 44.1 Å². The Labute approximate surface area is 96.6 Å². The predicted octanol–water partition coefficient (Wildman–Crippen LogP) is 2.96. The van der Waals surface area contributed by atoms with Crippen LogP contribution in [0.5, 0.6) is 5.75 Å². The van der Waals surface area contributed by atoms with E-state index in [-0.39, 0.29) is 0 Å². The fourth-order valence-electron chi connectivity index (χ4n) is 1.39. The number of hydrogen-bond donors (Lipinski definition) is 1. The summed E-state index contributed by atoms with van der Waals surface area (Å²) < 4.78 is 5.59. The van der Waals surface area contributed by atoms with Crippen molar-refractivity contribution in [2.24, 2.45) is 5.92 Å². The normalized spacial score (nSPS) is 12.5. The highest BCUT2D eigenvalue weighted by Gasteiger charge is 2.01. The molecule has 0 saturated heterocycles. The van der Waals surface area contributed by atoms with Crippen molar-refractivity contribution < 1.29 is 4.74 Å². The SMILES string of the molecule is CNCC(C)CCOc1cccc(Cl)c1. The van der Waals surface area contributed by atoms with Gasteiger partial charge in [-0.25, -0.2) is 0 Å². The molecule has 0 saturated carbocycles. The molecule has 0 radical (unpaired) electrons. The molecule has 0 amide bonds. The molecule has 0 spiro atoms. The largest absolute Gasteiger partial charge is 0.494 e. The highest BCUT2D eigenvalue weighted by atomic mass is 35.5. The number of halogens is 1. The highest BCUT2D eigenvalue weighted by Crippen LogP contribution is 2.17. The van der Waals surface area contributed by atoms with E-state index in [4.69, 9.17) is 16.3 Å². The molecule has 1 atom stereocenters. The van der Waals surface area contributed by atoms with E-state index >= 15 is 0 Å². The fourth-order valence-corrected chi connectivity index (χ4v) is 1.57.